The lowest BCUT2D eigenvalue weighted by Gasteiger charge is -2.41. The number of rotatable bonds is 3. The van der Waals surface area contributed by atoms with Gasteiger partial charge in [-0.25, -0.2) is 4.98 Å². The maximum absolute atomic E-state index is 11.2. The number of aliphatic hydroxyl groups excluding tert-OH is 1. The molecule has 0 aliphatic carbocycles. The van der Waals surface area contributed by atoms with Crippen molar-refractivity contribution in [3.8, 4) is 0 Å². The number of nitrogens with zero attached hydrogens (tertiary/aromatic N) is 2. The van der Waals surface area contributed by atoms with Gasteiger partial charge in [-0.15, -0.1) is 0 Å². The van der Waals surface area contributed by atoms with Gasteiger partial charge in [0.05, 0.1) is 12.9 Å². The fraction of sp³-hybridized carbons (Fsp3) is 0.667. The van der Waals surface area contributed by atoms with Crippen molar-refractivity contribution in [1.82, 2.24) is 9.55 Å². The van der Waals surface area contributed by atoms with E-state index in [9.17, 15) is 20.1 Å². The molecule has 2 heterocycles. The van der Waals surface area contributed by atoms with Crippen LogP contribution >= 0.6 is 0 Å². The quantitative estimate of drug-likeness (QED) is 0.437. The van der Waals surface area contributed by atoms with Crippen molar-refractivity contribution in [3.05, 3.63) is 12.0 Å². The van der Waals surface area contributed by atoms with E-state index in [4.69, 9.17) is 16.2 Å². The Bertz CT molecular complexity index is 582. The first-order valence-electron chi connectivity index (χ1n) is 6.37. The van der Waals surface area contributed by atoms with Crippen LogP contribution in [-0.2, 0) is 10.5 Å². The standard InChI is InChI=1S/C12H20N4O5/c1-10(19)6(4-17)21-12(3,11(10,2)20)16-5-15-7(8(16)13)9(14)18/h5-6,17,19-20H,4,13H2,1-3H3,(H2,14,18)/t6-,10-,11-,12-/m1/s1. The summed E-state index contributed by atoms with van der Waals surface area (Å²) in [4.78, 5) is 15.0. The molecule has 1 aliphatic heterocycles. The molecule has 4 atom stereocenters. The maximum Gasteiger partial charge on any atom is 0.271 e. The third kappa shape index (κ3) is 1.78. The topological polar surface area (TPSA) is 157 Å². The van der Waals surface area contributed by atoms with Crippen LogP contribution in [0.4, 0.5) is 5.82 Å². The number of aliphatic hydroxyl groups is 3. The van der Waals surface area contributed by atoms with E-state index in [0.29, 0.717) is 0 Å². The lowest BCUT2D eigenvalue weighted by Crippen LogP contribution is -2.60. The Morgan fingerprint density at radius 2 is 2.05 bits per heavy atom. The molecule has 1 fully saturated rings. The minimum atomic E-state index is -1.82. The molecule has 7 N–H and O–H groups in total. The SMILES string of the molecule is C[C@]1(O)[C@](C)(n2cnc(C(N)=O)c2N)O[C@H](CO)[C@@]1(C)O. The number of anilines is 1. The second-order valence-corrected chi connectivity index (χ2v) is 5.70. The van der Waals surface area contributed by atoms with Crippen LogP contribution in [0.15, 0.2) is 6.33 Å². The number of nitrogen functional groups attached to an aromatic ring is 1. The van der Waals surface area contributed by atoms with Gasteiger partial charge in [-0.3, -0.25) is 9.36 Å². The van der Waals surface area contributed by atoms with Gasteiger partial charge in [0.1, 0.15) is 23.1 Å². The molecule has 1 saturated heterocycles. The highest BCUT2D eigenvalue weighted by Gasteiger charge is 2.68. The summed E-state index contributed by atoms with van der Waals surface area (Å²) in [6.45, 7) is 3.67. The minimum absolute atomic E-state index is 0.0975. The van der Waals surface area contributed by atoms with Gasteiger partial charge in [0, 0.05) is 0 Å². The van der Waals surface area contributed by atoms with Crippen molar-refractivity contribution in [2.75, 3.05) is 12.3 Å². The molecule has 9 heteroatoms. The Kier molecular flexibility index (Phi) is 3.29. The number of hydrogen-bond donors (Lipinski definition) is 5. The van der Waals surface area contributed by atoms with E-state index in [1.807, 2.05) is 0 Å². The van der Waals surface area contributed by atoms with Crippen molar-refractivity contribution >= 4 is 11.7 Å². The third-order valence-corrected chi connectivity index (χ3v) is 4.55. The van der Waals surface area contributed by atoms with Gasteiger partial charge in [-0.05, 0) is 20.8 Å². The Hall–Kier alpha value is -1.68. The van der Waals surface area contributed by atoms with Crippen LogP contribution in [0.1, 0.15) is 31.3 Å². The van der Waals surface area contributed by atoms with Gasteiger partial charge < -0.3 is 31.5 Å². The number of amides is 1. The van der Waals surface area contributed by atoms with Crippen LogP contribution in [0.2, 0.25) is 0 Å². The zero-order chi connectivity index (χ0) is 16.2. The molecule has 118 valence electrons. The molecule has 1 aromatic heterocycles. The van der Waals surface area contributed by atoms with Crippen molar-refractivity contribution < 1.29 is 24.9 Å². The van der Waals surface area contributed by atoms with E-state index in [1.54, 1.807) is 0 Å². The van der Waals surface area contributed by atoms with Gasteiger partial charge in [0.15, 0.2) is 11.4 Å². The van der Waals surface area contributed by atoms with Gasteiger partial charge in [-0.2, -0.15) is 0 Å². The number of primary amides is 1. The maximum atomic E-state index is 11.2. The molecular formula is C12H20N4O5. The summed E-state index contributed by atoms with van der Waals surface area (Å²) < 4.78 is 6.85. The summed E-state index contributed by atoms with van der Waals surface area (Å²) >= 11 is 0. The molecule has 21 heavy (non-hydrogen) atoms. The average molecular weight is 300 g/mol. The molecule has 0 bridgehead atoms. The molecule has 0 saturated carbocycles. The zero-order valence-electron chi connectivity index (χ0n) is 12.1. The van der Waals surface area contributed by atoms with E-state index in [0.717, 1.165) is 0 Å². The average Bonchev–Trinajstić information content (AvgIpc) is 2.82. The molecule has 0 spiro atoms. The fourth-order valence-corrected chi connectivity index (χ4v) is 2.68. The van der Waals surface area contributed by atoms with Crippen LogP contribution < -0.4 is 11.5 Å². The Morgan fingerprint density at radius 3 is 2.43 bits per heavy atom. The highest BCUT2D eigenvalue weighted by atomic mass is 16.6. The number of hydrogen-bond acceptors (Lipinski definition) is 7. The second-order valence-electron chi connectivity index (χ2n) is 5.70. The van der Waals surface area contributed by atoms with Crippen molar-refractivity contribution in [2.45, 2.75) is 43.8 Å². The first-order chi connectivity index (χ1) is 9.50. The Morgan fingerprint density at radius 1 is 1.48 bits per heavy atom. The number of carbonyl (C=O) groups excluding carboxylic acids is 1. The summed E-state index contributed by atoms with van der Waals surface area (Å²) in [5.41, 5.74) is 5.70. The number of carbonyl (C=O) groups is 1. The lowest BCUT2D eigenvalue weighted by atomic mass is 9.78. The Balaban J connectivity index is 2.60. The molecule has 0 radical (unpaired) electrons. The molecule has 0 aromatic carbocycles. The molecular weight excluding hydrogens is 280 g/mol. The smallest absolute Gasteiger partial charge is 0.271 e. The normalized spacial score (nSPS) is 39.6. The zero-order valence-corrected chi connectivity index (χ0v) is 12.1. The van der Waals surface area contributed by atoms with Crippen LogP contribution in [0, 0.1) is 0 Å². The molecule has 1 amide bonds. The molecule has 1 aromatic rings. The van der Waals surface area contributed by atoms with E-state index in [2.05, 4.69) is 4.98 Å². The van der Waals surface area contributed by atoms with E-state index >= 15 is 0 Å². The third-order valence-electron chi connectivity index (χ3n) is 4.55. The molecule has 1 aliphatic rings. The van der Waals surface area contributed by atoms with Gasteiger partial charge >= 0.3 is 0 Å². The van der Waals surface area contributed by atoms with Gasteiger partial charge in [0.2, 0.25) is 0 Å². The summed E-state index contributed by atoms with van der Waals surface area (Å²) in [6.07, 6.45) is 0.149. The second kappa shape index (κ2) is 4.41. The monoisotopic (exact) mass is 300 g/mol. The Labute approximate surface area is 121 Å². The fourth-order valence-electron chi connectivity index (χ4n) is 2.68. The van der Waals surface area contributed by atoms with Crippen LogP contribution in [0.25, 0.3) is 0 Å². The van der Waals surface area contributed by atoms with Crippen molar-refractivity contribution in [2.24, 2.45) is 5.73 Å². The summed E-state index contributed by atoms with van der Waals surface area (Å²) in [5, 5.41) is 30.6. The van der Waals surface area contributed by atoms with E-state index < -0.39 is 35.5 Å². The molecule has 0 unspecified atom stereocenters. The first-order valence-corrected chi connectivity index (χ1v) is 6.37. The van der Waals surface area contributed by atoms with E-state index in [1.165, 1.54) is 31.7 Å². The first kappa shape index (κ1) is 15.7. The van der Waals surface area contributed by atoms with Crippen LogP contribution in [0.5, 0.6) is 0 Å². The number of imidazole rings is 1. The minimum Gasteiger partial charge on any atom is -0.394 e. The predicted molar refractivity (Wildman–Crippen MR) is 72.0 cm³/mol. The van der Waals surface area contributed by atoms with E-state index in [-0.39, 0.29) is 11.5 Å². The highest BCUT2D eigenvalue weighted by molar-refractivity contribution is 5.95. The van der Waals surface area contributed by atoms with Crippen LogP contribution in [0.3, 0.4) is 0 Å². The largest absolute Gasteiger partial charge is 0.394 e. The van der Waals surface area contributed by atoms with Gasteiger partial charge in [0.25, 0.3) is 5.91 Å². The highest BCUT2D eigenvalue weighted by Crippen LogP contribution is 2.50. The van der Waals surface area contributed by atoms with Gasteiger partial charge in [-0.1, -0.05) is 0 Å². The molecule has 9 nitrogen and oxygen atoms in total. The number of ether oxygens (including phenoxy) is 1. The van der Waals surface area contributed by atoms with Crippen molar-refractivity contribution in [3.63, 3.8) is 0 Å². The molecule has 2 rings (SSSR count). The van der Waals surface area contributed by atoms with Crippen LogP contribution in [-0.4, -0.2) is 54.7 Å². The number of aromatic nitrogens is 2. The summed E-state index contributed by atoms with van der Waals surface area (Å²) in [7, 11) is 0. The summed E-state index contributed by atoms with van der Waals surface area (Å²) in [5.74, 6) is -0.919. The number of nitrogens with two attached hydrogens (primary N) is 2. The summed E-state index contributed by atoms with van der Waals surface area (Å²) in [6, 6.07) is 0. The van der Waals surface area contributed by atoms with Crippen molar-refractivity contribution in [1.29, 1.82) is 0 Å². The predicted octanol–water partition coefficient (Wildman–Crippen LogP) is -1.87. The lowest BCUT2D eigenvalue weighted by molar-refractivity contribution is -0.186.